The molecule has 0 fully saturated rings. The normalized spacial score (nSPS) is 10.4. The highest BCUT2D eigenvalue weighted by Crippen LogP contribution is 2.03. The average molecular weight is 160 g/mol. The standard InChI is InChI=1S/C10H12N2/c1-9(2)4-5-10(3)12-7-6-11-8-12/h4-8H,1,3H2,2H3/b5-4-. The summed E-state index contributed by atoms with van der Waals surface area (Å²) in [6.07, 6.45) is 9.11. The van der Waals surface area contributed by atoms with Crippen molar-refractivity contribution in [2.45, 2.75) is 6.92 Å². The summed E-state index contributed by atoms with van der Waals surface area (Å²) in [6.45, 7) is 9.56. The molecule has 0 N–H and O–H groups in total. The quantitative estimate of drug-likeness (QED) is 0.621. The molecule has 0 amide bonds. The zero-order valence-corrected chi connectivity index (χ0v) is 7.20. The van der Waals surface area contributed by atoms with Gasteiger partial charge in [0, 0.05) is 18.1 Å². The molecule has 0 aliphatic heterocycles. The summed E-state index contributed by atoms with van der Waals surface area (Å²) in [5.74, 6) is 0. The van der Waals surface area contributed by atoms with Crippen LogP contribution in [0.4, 0.5) is 0 Å². The third kappa shape index (κ3) is 2.23. The Bertz CT molecular complexity index is 305. The Morgan fingerprint density at radius 1 is 1.42 bits per heavy atom. The topological polar surface area (TPSA) is 17.8 Å². The molecule has 1 heterocycles. The van der Waals surface area contributed by atoms with Gasteiger partial charge < -0.3 is 4.57 Å². The van der Waals surface area contributed by atoms with Crippen molar-refractivity contribution in [1.29, 1.82) is 0 Å². The van der Waals surface area contributed by atoms with Crippen LogP contribution >= 0.6 is 0 Å². The van der Waals surface area contributed by atoms with Crippen LogP contribution in [0, 0.1) is 0 Å². The summed E-state index contributed by atoms with van der Waals surface area (Å²) in [4.78, 5) is 3.92. The summed E-state index contributed by atoms with van der Waals surface area (Å²) < 4.78 is 1.85. The van der Waals surface area contributed by atoms with Gasteiger partial charge in [-0.25, -0.2) is 4.98 Å². The van der Waals surface area contributed by atoms with E-state index in [4.69, 9.17) is 0 Å². The zero-order valence-electron chi connectivity index (χ0n) is 7.20. The van der Waals surface area contributed by atoms with Crippen LogP contribution in [-0.4, -0.2) is 9.55 Å². The maximum absolute atomic E-state index is 3.92. The molecule has 2 heteroatoms. The zero-order chi connectivity index (χ0) is 8.97. The second-order valence-electron chi connectivity index (χ2n) is 2.64. The molecule has 0 aromatic carbocycles. The molecule has 0 aliphatic rings. The molecule has 12 heavy (non-hydrogen) atoms. The first kappa shape index (κ1) is 8.53. The second-order valence-corrected chi connectivity index (χ2v) is 2.64. The van der Waals surface area contributed by atoms with Crippen LogP contribution in [0.1, 0.15) is 6.92 Å². The van der Waals surface area contributed by atoms with E-state index in [0.29, 0.717) is 0 Å². The molecule has 1 rings (SSSR count). The van der Waals surface area contributed by atoms with Crippen molar-refractivity contribution in [3.05, 3.63) is 49.6 Å². The van der Waals surface area contributed by atoms with E-state index >= 15 is 0 Å². The van der Waals surface area contributed by atoms with E-state index < -0.39 is 0 Å². The van der Waals surface area contributed by atoms with Crippen LogP contribution in [0.2, 0.25) is 0 Å². The Labute approximate surface area is 72.6 Å². The summed E-state index contributed by atoms with van der Waals surface area (Å²) in [5.41, 5.74) is 1.90. The Morgan fingerprint density at radius 3 is 2.67 bits per heavy atom. The first-order chi connectivity index (χ1) is 5.70. The van der Waals surface area contributed by atoms with Gasteiger partial charge in [0.25, 0.3) is 0 Å². The Kier molecular flexibility index (Phi) is 2.64. The van der Waals surface area contributed by atoms with Crippen LogP contribution in [-0.2, 0) is 0 Å². The molecule has 0 radical (unpaired) electrons. The van der Waals surface area contributed by atoms with E-state index in [0.717, 1.165) is 11.3 Å². The van der Waals surface area contributed by atoms with Crippen LogP contribution in [0.5, 0.6) is 0 Å². The highest BCUT2D eigenvalue weighted by atomic mass is 15.0. The van der Waals surface area contributed by atoms with Gasteiger partial charge in [0.2, 0.25) is 0 Å². The number of hydrogen-bond acceptors (Lipinski definition) is 1. The SMILES string of the molecule is C=C(C)/C=C\C(=C)n1ccnc1. The highest BCUT2D eigenvalue weighted by molar-refractivity contribution is 5.54. The molecular weight excluding hydrogens is 148 g/mol. The largest absolute Gasteiger partial charge is 0.307 e. The van der Waals surface area contributed by atoms with E-state index in [1.165, 1.54) is 0 Å². The lowest BCUT2D eigenvalue weighted by Gasteiger charge is -1.98. The van der Waals surface area contributed by atoms with Crippen molar-refractivity contribution in [2.75, 3.05) is 0 Å². The molecule has 0 spiro atoms. The van der Waals surface area contributed by atoms with Gasteiger partial charge in [0.05, 0.1) is 6.33 Å². The van der Waals surface area contributed by atoms with Gasteiger partial charge in [-0.2, -0.15) is 0 Å². The van der Waals surface area contributed by atoms with E-state index in [2.05, 4.69) is 18.1 Å². The van der Waals surface area contributed by atoms with Crippen LogP contribution in [0.15, 0.2) is 49.6 Å². The van der Waals surface area contributed by atoms with Crippen molar-refractivity contribution < 1.29 is 0 Å². The minimum absolute atomic E-state index is 0.885. The van der Waals surface area contributed by atoms with Crippen molar-refractivity contribution >= 4 is 5.70 Å². The van der Waals surface area contributed by atoms with Gasteiger partial charge in [-0.1, -0.05) is 24.8 Å². The average Bonchev–Trinajstić information content (AvgIpc) is 2.51. The number of allylic oxidation sites excluding steroid dienone is 4. The van der Waals surface area contributed by atoms with Crippen molar-refractivity contribution in [3.8, 4) is 0 Å². The van der Waals surface area contributed by atoms with Crippen molar-refractivity contribution in [3.63, 3.8) is 0 Å². The van der Waals surface area contributed by atoms with Gasteiger partial charge in [-0.15, -0.1) is 0 Å². The van der Waals surface area contributed by atoms with E-state index in [1.54, 1.807) is 12.5 Å². The molecule has 0 aliphatic carbocycles. The van der Waals surface area contributed by atoms with Gasteiger partial charge in [0.15, 0.2) is 0 Å². The molecular formula is C10H12N2. The minimum atomic E-state index is 0.885. The van der Waals surface area contributed by atoms with Gasteiger partial charge >= 0.3 is 0 Å². The molecule has 0 unspecified atom stereocenters. The first-order valence-electron chi connectivity index (χ1n) is 3.71. The van der Waals surface area contributed by atoms with E-state index in [9.17, 15) is 0 Å². The molecule has 0 bridgehead atoms. The van der Waals surface area contributed by atoms with Crippen LogP contribution in [0.3, 0.4) is 0 Å². The molecule has 1 aromatic rings. The number of aromatic nitrogens is 2. The molecule has 1 aromatic heterocycles. The summed E-state index contributed by atoms with van der Waals surface area (Å²) in [5, 5.41) is 0. The lowest BCUT2D eigenvalue weighted by molar-refractivity contribution is 1.10. The minimum Gasteiger partial charge on any atom is -0.307 e. The monoisotopic (exact) mass is 160 g/mol. The molecule has 0 saturated carbocycles. The molecule has 0 saturated heterocycles. The third-order valence-corrected chi connectivity index (χ3v) is 1.40. The summed E-state index contributed by atoms with van der Waals surface area (Å²) >= 11 is 0. The predicted octanol–water partition coefficient (Wildman–Crippen LogP) is 2.49. The number of rotatable bonds is 3. The lowest BCUT2D eigenvalue weighted by atomic mass is 10.3. The number of imidazole rings is 1. The molecule has 62 valence electrons. The first-order valence-corrected chi connectivity index (χ1v) is 3.71. The van der Waals surface area contributed by atoms with E-state index in [1.807, 2.05) is 29.8 Å². The molecule has 2 nitrogen and oxygen atoms in total. The van der Waals surface area contributed by atoms with Gasteiger partial charge in [0.1, 0.15) is 0 Å². The fourth-order valence-electron chi connectivity index (χ4n) is 0.754. The fourth-order valence-corrected chi connectivity index (χ4v) is 0.754. The maximum Gasteiger partial charge on any atom is 0.0991 e. The Morgan fingerprint density at radius 2 is 2.17 bits per heavy atom. The predicted molar refractivity (Wildman–Crippen MR) is 51.5 cm³/mol. The maximum atomic E-state index is 3.92. The lowest BCUT2D eigenvalue weighted by Crippen LogP contribution is -1.87. The van der Waals surface area contributed by atoms with Crippen LogP contribution < -0.4 is 0 Å². The summed E-state index contributed by atoms with van der Waals surface area (Å²) in [6, 6.07) is 0. The summed E-state index contributed by atoms with van der Waals surface area (Å²) in [7, 11) is 0. The van der Waals surface area contributed by atoms with Gasteiger partial charge in [-0.3, -0.25) is 0 Å². The second kappa shape index (κ2) is 3.72. The van der Waals surface area contributed by atoms with Crippen molar-refractivity contribution in [1.82, 2.24) is 9.55 Å². The fraction of sp³-hybridized carbons (Fsp3) is 0.100. The smallest absolute Gasteiger partial charge is 0.0991 e. The third-order valence-electron chi connectivity index (χ3n) is 1.40. The van der Waals surface area contributed by atoms with Crippen LogP contribution in [0.25, 0.3) is 5.70 Å². The van der Waals surface area contributed by atoms with E-state index in [-0.39, 0.29) is 0 Å². The Balaban J connectivity index is 2.68. The number of hydrogen-bond donors (Lipinski definition) is 0. The highest BCUT2D eigenvalue weighted by Gasteiger charge is 1.89. The van der Waals surface area contributed by atoms with Gasteiger partial charge in [-0.05, 0) is 13.0 Å². The molecule has 0 atom stereocenters. The Hall–Kier alpha value is -1.57. The van der Waals surface area contributed by atoms with Crippen molar-refractivity contribution in [2.24, 2.45) is 0 Å². The number of nitrogens with zero attached hydrogens (tertiary/aromatic N) is 2.